The number of hydrogen-bond acceptors (Lipinski definition) is 2. The molecule has 0 saturated carbocycles. The Morgan fingerprint density at radius 1 is 1.35 bits per heavy atom. The summed E-state index contributed by atoms with van der Waals surface area (Å²) < 4.78 is 5.08. The molecule has 2 rings (SSSR count). The second kappa shape index (κ2) is 5.04. The molecule has 1 unspecified atom stereocenters. The molecule has 0 N–H and O–H groups in total. The molecular formula is C14H17NO2. The number of carbonyl (C=O) groups excluding carboxylic acids is 1. The van der Waals surface area contributed by atoms with E-state index in [1.54, 1.807) is 4.90 Å². The standard InChI is InChI=1S/C14H17NO2/c1-3-15(14(16)17-4-2)13-10-9-11-7-5-6-8-12(11)13/h5-10,13H,3-4H2,1-2H3. The lowest BCUT2D eigenvalue weighted by Crippen LogP contribution is -2.33. The molecule has 0 saturated heterocycles. The number of carbonyl (C=O) groups is 1. The van der Waals surface area contributed by atoms with Crippen molar-refractivity contribution in [2.45, 2.75) is 19.9 Å². The van der Waals surface area contributed by atoms with Crippen LogP contribution in [0.3, 0.4) is 0 Å². The van der Waals surface area contributed by atoms with Crippen LogP contribution < -0.4 is 0 Å². The van der Waals surface area contributed by atoms with E-state index < -0.39 is 0 Å². The van der Waals surface area contributed by atoms with Gasteiger partial charge in [0.1, 0.15) is 0 Å². The summed E-state index contributed by atoms with van der Waals surface area (Å²) in [6, 6.07) is 8.13. The Labute approximate surface area is 102 Å². The number of fused-ring (bicyclic) bond motifs is 1. The Morgan fingerprint density at radius 2 is 2.12 bits per heavy atom. The molecule has 0 aromatic heterocycles. The molecule has 0 fully saturated rings. The zero-order valence-electron chi connectivity index (χ0n) is 10.2. The van der Waals surface area contributed by atoms with Gasteiger partial charge in [-0.05, 0) is 25.0 Å². The molecule has 0 aliphatic heterocycles. The van der Waals surface area contributed by atoms with Crippen LogP contribution in [0.15, 0.2) is 30.3 Å². The van der Waals surface area contributed by atoms with Gasteiger partial charge in [-0.2, -0.15) is 0 Å². The molecular weight excluding hydrogens is 214 g/mol. The third-order valence-electron chi connectivity index (χ3n) is 2.95. The van der Waals surface area contributed by atoms with Crippen molar-refractivity contribution in [1.29, 1.82) is 0 Å². The largest absolute Gasteiger partial charge is 0.450 e. The van der Waals surface area contributed by atoms with Gasteiger partial charge in [0.05, 0.1) is 12.6 Å². The smallest absolute Gasteiger partial charge is 0.410 e. The fourth-order valence-electron chi connectivity index (χ4n) is 2.15. The Balaban J connectivity index is 2.23. The normalized spacial score (nSPS) is 16.7. The first-order valence-electron chi connectivity index (χ1n) is 5.98. The summed E-state index contributed by atoms with van der Waals surface area (Å²) >= 11 is 0. The maximum atomic E-state index is 11.8. The highest BCUT2D eigenvalue weighted by atomic mass is 16.6. The molecule has 90 valence electrons. The van der Waals surface area contributed by atoms with E-state index >= 15 is 0 Å². The third kappa shape index (κ3) is 2.18. The molecule has 3 heteroatoms. The van der Waals surface area contributed by atoms with E-state index in [1.807, 2.05) is 32.1 Å². The second-order valence-electron chi connectivity index (χ2n) is 3.92. The van der Waals surface area contributed by atoms with Crippen LogP contribution >= 0.6 is 0 Å². The van der Waals surface area contributed by atoms with Crippen molar-refractivity contribution < 1.29 is 9.53 Å². The minimum absolute atomic E-state index is 0.00949. The lowest BCUT2D eigenvalue weighted by atomic mass is 10.1. The summed E-state index contributed by atoms with van der Waals surface area (Å²) in [7, 11) is 0. The summed E-state index contributed by atoms with van der Waals surface area (Å²) in [5.74, 6) is 0. The van der Waals surface area contributed by atoms with Crippen LogP contribution in [-0.2, 0) is 4.74 Å². The van der Waals surface area contributed by atoms with E-state index in [4.69, 9.17) is 4.74 Å². The zero-order chi connectivity index (χ0) is 12.3. The van der Waals surface area contributed by atoms with E-state index in [-0.39, 0.29) is 12.1 Å². The Morgan fingerprint density at radius 3 is 2.82 bits per heavy atom. The van der Waals surface area contributed by atoms with Crippen LogP contribution in [0.5, 0.6) is 0 Å². The number of rotatable bonds is 3. The minimum Gasteiger partial charge on any atom is -0.450 e. The molecule has 3 nitrogen and oxygen atoms in total. The maximum Gasteiger partial charge on any atom is 0.410 e. The molecule has 1 atom stereocenters. The fraction of sp³-hybridized carbons (Fsp3) is 0.357. The molecule has 1 aromatic rings. The van der Waals surface area contributed by atoms with Crippen molar-refractivity contribution in [1.82, 2.24) is 4.90 Å². The van der Waals surface area contributed by atoms with Gasteiger partial charge in [0, 0.05) is 6.54 Å². The first-order valence-corrected chi connectivity index (χ1v) is 5.98. The SMILES string of the molecule is CCOC(=O)N(CC)C1C=Cc2ccccc21. The summed E-state index contributed by atoms with van der Waals surface area (Å²) in [6.07, 6.45) is 3.86. The minimum atomic E-state index is -0.249. The second-order valence-corrected chi connectivity index (χ2v) is 3.92. The number of nitrogens with zero attached hydrogens (tertiary/aromatic N) is 1. The van der Waals surface area contributed by atoms with Gasteiger partial charge in [0.25, 0.3) is 0 Å². The summed E-state index contributed by atoms with van der Waals surface area (Å²) in [6.45, 7) is 4.84. The van der Waals surface area contributed by atoms with Crippen LogP contribution in [0.1, 0.15) is 31.0 Å². The summed E-state index contributed by atoms with van der Waals surface area (Å²) in [4.78, 5) is 13.6. The average molecular weight is 231 g/mol. The Hall–Kier alpha value is -1.77. The van der Waals surface area contributed by atoms with Crippen molar-refractivity contribution in [3.63, 3.8) is 0 Å². The van der Waals surface area contributed by atoms with Gasteiger partial charge in [-0.15, -0.1) is 0 Å². The monoisotopic (exact) mass is 231 g/mol. The van der Waals surface area contributed by atoms with Gasteiger partial charge in [0.15, 0.2) is 0 Å². The first-order chi connectivity index (χ1) is 8.27. The molecule has 0 spiro atoms. The molecule has 1 aromatic carbocycles. The molecule has 1 aliphatic carbocycles. The number of ether oxygens (including phenoxy) is 1. The van der Waals surface area contributed by atoms with E-state index in [9.17, 15) is 4.79 Å². The number of amides is 1. The molecule has 0 bridgehead atoms. The Kier molecular flexibility index (Phi) is 3.47. The lowest BCUT2D eigenvalue weighted by Gasteiger charge is -2.26. The van der Waals surface area contributed by atoms with Crippen molar-refractivity contribution >= 4 is 12.2 Å². The third-order valence-corrected chi connectivity index (χ3v) is 2.95. The number of hydrogen-bond donors (Lipinski definition) is 0. The van der Waals surface area contributed by atoms with Crippen LogP contribution in [0, 0.1) is 0 Å². The predicted octanol–water partition coefficient (Wildman–Crippen LogP) is 3.23. The molecule has 0 heterocycles. The molecule has 17 heavy (non-hydrogen) atoms. The zero-order valence-corrected chi connectivity index (χ0v) is 10.2. The van der Waals surface area contributed by atoms with Crippen LogP contribution in [0.4, 0.5) is 4.79 Å². The highest BCUT2D eigenvalue weighted by Crippen LogP contribution is 2.32. The summed E-state index contributed by atoms with van der Waals surface area (Å²) in [5, 5.41) is 0. The van der Waals surface area contributed by atoms with Gasteiger partial charge >= 0.3 is 6.09 Å². The van der Waals surface area contributed by atoms with E-state index in [2.05, 4.69) is 18.2 Å². The molecule has 1 aliphatic rings. The van der Waals surface area contributed by atoms with Gasteiger partial charge < -0.3 is 4.74 Å². The first kappa shape index (κ1) is 11.7. The number of benzene rings is 1. The van der Waals surface area contributed by atoms with Gasteiger partial charge in [0.2, 0.25) is 0 Å². The van der Waals surface area contributed by atoms with Crippen molar-refractivity contribution in [2.75, 3.05) is 13.2 Å². The Bertz CT molecular complexity index is 440. The highest BCUT2D eigenvalue weighted by molar-refractivity contribution is 5.71. The quantitative estimate of drug-likeness (QED) is 0.799. The van der Waals surface area contributed by atoms with Crippen molar-refractivity contribution in [2.24, 2.45) is 0 Å². The topological polar surface area (TPSA) is 29.5 Å². The van der Waals surface area contributed by atoms with Crippen LogP contribution in [-0.4, -0.2) is 24.1 Å². The summed E-state index contributed by atoms with van der Waals surface area (Å²) in [5.41, 5.74) is 2.35. The average Bonchev–Trinajstić information content (AvgIpc) is 2.75. The molecule has 1 amide bonds. The number of likely N-dealkylation sites (N-methyl/N-ethyl adjacent to an activating group) is 1. The van der Waals surface area contributed by atoms with Crippen LogP contribution in [0.25, 0.3) is 6.08 Å². The predicted molar refractivity (Wildman–Crippen MR) is 67.6 cm³/mol. The van der Waals surface area contributed by atoms with Crippen molar-refractivity contribution in [3.05, 3.63) is 41.5 Å². The van der Waals surface area contributed by atoms with Crippen LogP contribution in [0.2, 0.25) is 0 Å². The van der Waals surface area contributed by atoms with Gasteiger partial charge in [-0.25, -0.2) is 4.79 Å². The lowest BCUT2D eigenvalue weighted by molar-refractivity contribution is 0.100. The molecule has 0 radical (unpaired) electrons. The highest BCUT2D eigenvalue weighted by Gasteiger charge is 2.26. The fourth-order valence-corrected chi connectivity index (χ4v) is 2.15. The van der Waals surface area contributed by atoms with Crippen molar-refractivity contribution in [3.8, 4) is 0 Å². The van der Waals surface area contributed by atoms with E-state index in [0.717, 1.165) is 0 Å². The maximum absolute atomic E-state index is 11.8. The van der Waals surface area contributed by atoms with Gasteiger partial charge in [-0.1, -0.05) is 36.4 Å². The van der Waals surface area contributed by atoms with Gasteiger partial charge in [-0.3, -0.25) is 4.90 Å². The van der Waals surface area contributed by atoms with E-state index in [0.29, 0.717) is 13.2 Å². The van der Waals surface area contributed by atoms with E-state index in [1.165, 1.54) is 11.1 Å².